The SMILES string of the molecule is CNC(=O)C(O)c1cccs1. The number of thiophene rings is 1. The molecule has 4 heteroatoms. The predicted molar refractivity (Wildman–Crippen MR) is 43.3 cm³/mol. The lowest BCUT2D eigenvalue weighted by atomic mass is 10.3. The Morgan fingerprint density at radius 1 is 1.82 bits per heavy atom. The maximum absolute atomic E-state index is 10.9. The molecule has 1 aromatic rings. The van der Waals surface area contributed by atoms with E-state index in [1.165, 1.54) is 18.4 Å². The number of aliphatic hydroxyl groups excluding tert-OH is 1. The lowest BCUT2D eigenvalue weighted by Gasteiger charge is -2.04. The molecule has 0 aliphatic rings. The van der Waals surface area contributed by atoms with E-state index in [1.807, 2.05) is 5.38 Å². The number of carbonyl (C=O) groups excluding carboxylic acids is 1. The second-order valence-electron chi connectivity index (χ2n) is 2.03. The van der Waals surface area contributed by atoms with E-state index in [9.17, 15) is 9.90 Å². The zero-order valence-corrected chi connectivity index (χ0v) is 6.89. The Bertz CT molecular complexity index is 233. The Kier molecular flexibility index (Phi) is 2.62. The molecular weight excluding hydrogens is 162 g/mol. The molecule has 1 amide bonds. The van der Waals surface area contributed by atoms with Crippen LogP contribution in [0.5, 0.6) is 0 Å². The molecule has 11 heavy (non-hydrogen) atoms. The van der Waals surface area contributed by atoms with E-state index in [2.05, 4.69) is 5.32 Å². The molecule has 1 unspecified atom stereocenters. The second-order valence-corrected chi connectivity index (χ2v) is 3.01. The van der Waals surface area contributed by atoms with Gasteiger partial charge in [0.15, 0.2) is 6.10 Å². The minimum atomic E-state index is -1.01. The van der Waals surface area contributed by atoms with Gasteiger partial charge in [0, 0.05) is 11.9 Å². The molecule has 1 aromatic heterocycles. The summed E-state index contributed by atoms with van der Waals surface area (Å²) in [6.45, 7) is 0. The van der Waals surface area contributed by atoms with Gasteiger partial charge in [0.1, 0.15) is 0 Å². The van der Waals surface area contributed by atoms with Gasteiger partial charge in [-0.3, -0.25) is 4.79 Å². The van der Waals surface area contributed by atoms with Crippen molar-refractivity contribution in [1.29, 1.82) is 0 Å². The molecular formula is C7H9NO2S. The van der Waals surface area contributed by atoms with Gasteiger partial charge in [-0.15, -0.1) is 11.3 Å². The fraction of sp³-hybridized carbons (Fsp3) is 0.286. The minimum Gasteiger partial charge on any atom is -0.378 e. The average molecular weight is 171 g/mol. The number of hydrogen-bond donors (Lipinski definition) is 2. The predicted octanol–water partition coefficient (Wildman–Crippen LogP) is 0.527. The highest BCUT2D eigenvalue weighted by atomic mass is 32.1. The van der Waals surface area contributed by atoms with Crippen molar-refractivity contribution < 1.29 is 9.90 Å². The summed E-state index contributed by atoms with van der Waals surface area (Å²) < 4.78 is 0. The molecule has 1 atom stereocenters. The van der Waals surface area contributed by atoms with Gasteiger partial charge in [-0.25, -0.2) is 0 Å². The van der Waals surface area contributed by atoms with Crippen LogP contribution in [0.3, 0.4) is 0 Å². The molecule has 0 spiro atoms. The standard InChI is InChI=1S/C7H9NO2S/c1-8-7(10)6(9)5-3-2-4-11-5/h2-4,6,9H,1H3,(H,8,10). The molecule has 0 aliphatic heterocycles. The summed E-state index contributed by atoms with van der Waals surface area (Å²) in [5.74, 6) is -0.368. The van der Waals surface area contributed by atoms with Crippen LogP contribution in [0.1, 0.15) is 11.0 Å². The number of carbonyl (C=O) groups is 1. The second kappa shape index (κ2) is 3.50. The first-order valence-corrected chi connectivity index (χ1v) is 4.06. The van der Waals surface area contributed by atoms with Gasteiger partial charge in [0.25, 0.3) is 5.91 Å². The molecule has 0 aliphatic carbocycles. The number of rotatable bonds is 2. The topological polar surface area (TPSA) is 49.3 Å². The van der Waals surface area contributed by atoms with E-state index >= 15 is 0 Å². The van der Waals surface area contributed by atoms with Crippen molar-refractivity contribution in [2.45, 2.75) is 6.10 Å². The van der Waals surface area contributed by atoms with Gasteiger partial charge < -0.3 is 10.4 Å². The number of aliphatic hydroxyl groups is 1. The van der Waals surface area contributed by atoms with Gasteiger partial charge in [0.05, 0.1) is 0 Å². The molecule has 2 N–H and O–H groups in total. The molecule has 3 nitrogen and oxygen atoms in total. The fourth-order valence-electron chi connectivity index (χ4n) is 0.713. The van der Waals surface area contributed by atoms with Crippen LogP contribution in [0.15, 0.2) is 17.5 Å². The highest BCUT2D eigenvalue weighted by molar-refractivity contribution is 7.10. The zero-order valence-electron chi connectivity index (χ0n) is 6.07. The molecule has 0 fully saturated rings. The van der Waals surface area contributed by atoms with Crippen molar-refractivity contribution in [3.8, 4) is 0 Å². The normalized spacial score (nSPS) is 12.5. The van der Waals surface area contributed by atoms with Gasteiger partial charge in [-0.1, -0.05) is 6.07 Å². The van der Waals surface area contributed by atoms with Crippen molar-refractivity contribution in [2.24, 2.45) is 0 Å². The van der Waals surface area contributed by atoms with Crippen LogP contribution >= 0.6 is 11.3 Å². The van der Waals surface area contributed by atoms with Crippen molar-refractivity contribution in [3.63, 3.8) is 0 Å². The molecule has 0 aromatic carbocycles. The molecule has 60 valence electrons. The summed E-state index contributed by atoms with van der Waals surface area (Å²) in [7, 11) is 1.50. The zero-order chi connectivity index (χ0) is 8.27. The summed E-state index contributed by atoms with van der Waals surface area (Å²) >= 11 is 1.36. The summed E-state index contributed by atoms with van der Waals surface area (Å²) in [5.41, 5.74) is 0. The van der Waals surface area contributed by atoms with Gasteiger partial charge in [0.2, 0.25) is 0 Å². The van der Waals surface area contributed by atoms with E-state index in [1.54, 1.807) is 12.1 Å². The highest BCUT2D eigenvalue weighted by Gasteiger charge is 2.15. The third kappa shape index (κ3) is 1.78. The number of hydrogen-bond acceptors (Lipinski definition) is 3. The van der Waals surface area contributed by atoms with E-state index in [4.69, 9.17) is 0 Å². The van der Waals surface area contributed by atoms with Crippen LogP contribution in [0, 0.1) is 0 Å². The summed E-state index contributed by atoms with van der Waals surface area (Å²) in [4.78, 5) is 11.5. The third-order valence-corrected chi connectivity index (χ3v) is 2.23. The number of likely N-dealkylation sites (N-methyl/N-ethyl adjacent to an activating group) is 1. The third-order valence-electron chi connectivity index (χ3n) is 1.31. The molecule has 0 radical (unpaired) electrons. The molecule has 0 saturated heterocycles. The fourth-order valence-corrected chi connectivity index (χ4v) is 1.42. The van der Waals surface area contributed by atoms with E-state index in [0.29, 0.717) is 4.88 Å². The Morgan fingerprint density at radius 3 is 3.00 bits per heavy atom. The van der Waals surface area contributed by atoms with Crippen molar-refractivity contribution in [2.75, 3.05) is 7.05 Å². The average Bonchev–Trinajstić information content (AvgIpc) is 2.53. The Labute approximate surface area is 68.7 Å². The van der Waals surface area contributed by atoms with Crippen LogP contribution in [0.25, 0.3) is 0 Å². The first-order chi connectivity index (χ1) is 5.25. The maximum Gasteiger partial charge on any atom is 0.254 e. The lowest BCUT2D eigenvalue weighted by Crippen LogP contribution is -2.24. The molecule has 1 rings (SSSR count). The van der Waals surface area contributed by atoms with Crippen LogP contribution in [0.4, 0.5) is 0 Å². The Balaban J connectivity index is 2.70. The Hall–Kier alpha value is -0.870. The highest BCUT2D eigenvalue weighted by Crippen LogP contribution is 2.18. The first-order valence-electron chi connectivity index (χ1n) is 3.18. The molecule has 1 heterocycles. The van der Waals surface area contributed by atoms with Gasteiger partial charge in [-0.05, 0) is 11.4 Å². The van der Waals surface area contributed by atoms with Crippen molar-refractivity contribution in [1.82, 2.24) is 5.32 Å². The first kappa shape index (κ1) is 8.23. The van der Waals surface area contributed by atoms with Crippen LogP contribution in [-0.2, 0) is 4.79 Å². The summed E-state index contributed by atoms with van der Waals surface area (Å²) in [6, 6.07) is 3.52. The molecule has 0 bridgehead atoms. The minimum absolute atomic E-state index is 0.368. The van der Waals surface area contributed by atoms with Gasteiger partial charge >= 0.3 is 0 Å². The quantitative estimate of drug-likeness (QED) is 0.681. The smallest absolute Gasteiger partial charge is 0.254 e. The monoisotopic (exact) mass is 171 g/mol. The van der Waals surface area contributed by atoms with Crippen LogP contribution in [0.2, 0.25) is 0 Å². The van der Waals surface area contributed by atoms with Crippen molar-refractivity contribution >= 4 is 17.2 Å². The van der Waals surface area contributed by atoms with E-state index < -0.39 is 6.10 Å². The van der Waals surface area contributed by atoms with E-state index in [-0.39, 0.29) is 5.91 Å². The number of nitrogens with one attached hydrogen (secondary N) is 1. The van der Waals surface area contributed by atoms with Crippen LogP contribution in [-0.4, -0.2) is 18.1 Å². The Morgan fingerprint density at radius 2 is 2.55 bits per heavy atom. The molecule has 0 saturated carbocycles. The summed E-state index contributed by atoms with van der Waals surface area (Å²) in [5, 5.41) is 13.5. The van der Waals surface area contributed by atoms with Crippen LogP contribution < -0.4 is 5.32 Å². The summed E-state index contributed by atoms with van der Waals surface area (Å²) in [6.07, 6.45) is -1.01. The van der Waals surface area contributed by atoms with E-state index in [0.717, 1.165) is 0 Å². The largest absolute Gasteiger partial charge is 0.378 e. The number of amides is 1. The van der Waals surface area contributed by atoms with Gasteiger partial charge in [-0.2, -0.15) is 0 Å². The maximum atomic E-state index is 10.9. The lowest BCUT2D eigenvalue weighted by molar-refractivity contribution is -0.128. The van der Waals surface area contributed by atoms with Crippen molar-refractivity contribution in [3.05, 3.63) is 22.4 Å².